The zero-order valence-corrected chi connectivity index (χ0v) is 18.5. The molecule has 2 heterocycles. The molecule has 0 bridgehead atoms. The van der Waals surface area contributed by atoms with Crippen LogP contribution in [0.2, 0.25) is 0 Å². The second kappa shape index (κ2) is 8.12. The minimum atomic E-state index is 0.546. The lowest BCUT2D eigenvalue weighted by Gasteiger charge is -2.19. The summed E-state index contributed by atoms with van der Waals surface area (Å²) in [6, 6.07) is 29.1. The van der Waals surface area contributed by atoms with Gasteiger partial charge in [-0.2, -0.15) is 0 Å². The van der Waals surface area contributed by atoms with Crippen molar-refractivity contribution in [2.75, 3.05) is 11.4 Å². The highest BCUT2D eigenvalue weighted by atomic mass is 32.1. The third-order valence-electron chi connectivity index (χ3n) is 6.09. The van der Waals surface area contributed by atoms with Gasteiger partial charge in [0.05, 0.1) is 0 Å². The maximum Gasteiger partial charge on any atom is 0.0429 e. The lowest BCUT2D eigenvalue weighted by molar-refractivity contribution is 0.836. The number of anilines is 1. The van der Waals surface area contributed by atoms with Crippen LogP contribution >= 0.6 is 11.3 Å². The maximum atomic E-state index is 2.50. The van der Waals surface area contributed by atoms with Gasteiger partial charge in [-0.15, -0.1) is 11.3 Å². The lowest BCUT2D eigenvalue weighted by Crippen LogP contribution is -2.19. The minimum Gasteiger partial charge on any atom is -0.367 e. The second-order valence-electron chi connectivity index (χ2n) is 8.44. The molecule has 2 heteroatoms. The van der Waals surface area contributed by atoms with Gasteiger partial charge in [0.2, 0.25) is 0 Å². The average molecular weight is 410 g/mol. The topological polar surface area (TPSA) is 3.24 Å². The normalized spacial score (nSPS) is 13.1. The van der Waals surface area contributed by atoms with E-state index in [1.807, 2.05) is 11.3 Å². The Morgan fingerprint density at radius 1 is 0.833 bits per heavy atom. The van der Waals surface area contributed by atoms with Crippen molar-refractivity contribution in [2.24, 2.45) is 0 Å². The standard InChI is InChI=1S/C28H27NS/c1-20(2)26-15-17-30-28(26)25-8-5-7-24(18-25)22-12-10-21(11-13-22)19-29-16-14-23-6-3-4-9-27(23)29/h3-13,15,17-18,20H,14,16,19H2,1-2H3. The van der Waals surface area contributed by atoms with Gasteiger partial charge in [0, 0.05) is 23.7 Å². The van der Waals surface area contributed by atoms with Gasteiger partial charge in [0.15, 0.2) is 0 Å². The smallest absolute Gasteiger partial charge is 0.0429 e. The van der Waals surface area contributed by atoms with E-state index in [2.05, 4.69) is 103 Å². The van der Waals surface area contributed by atoms with Crippen LogP contribution in [0.4, 0.5) is 5.69 Å². The zero-order chi connectivity index (χ0) is 20.5. The van der Waals surface area contributed by atoms with E-state index in [0.29, 0.717) is 5.92 Å². The molecular formula is C28H27NS. The van der Waals surface area contributed by atoms with Gasteiger partial charge in [0.1, 0.15) is 0 Å². The van der Waals surface area contributed by atoms with Gasteiger partial charge < -0.3 is 4.90 Å². The van der Waals surface area contributed by atoms with Gasteiger partial charge in [-0.3, -0.25) is 0 Å². The number of rotatable bonds is 5. The predicted octanol–water partition coefficient (Wildman–Crippen LogP) is 7.77. The van der Waals surface area contributed by atoms with Crippen molar-refractivity contribution in [3.05, 3.63) is 101 Å². The number of para-hydroxylation sites is 1. The van der Waals surface area contributed by atoms with Crippen molar-refractivity contribution >= 4 is 17.0 Å². The molecule has 0 saturated heterocycles. The van der Waals surface area contributed by atoms with Crippen LogP contribution in [0.3, 0.4) is 0 Å². The maximum absolute atomic E-state index is 2.50. The highest BCUT2D eigenvalue weighted by Crippen LogP contribution is 2.36. The van der Waals surface area contributed by atoms with Crippen molar-refractivity contribution in [1.82, 2.24) is 0 Å². The molecule has 0 amide bonds. The van der Waals surface area contributed by atoms with E-state index < -0.39 is 0 Å². The fourth-order valence-corrected chi connectivity index (χ4v) is 5.50. The number of hydrogen-bond acceptors (Lipinski definition) is 2. The van der Waals surface area contributed by atoms with E-state index >= 15 is 0 Å². The monoisotopic (exact) mass is 409 g/mol. The van der Waals surface area contributed by atoms with E-state index in [-0.39, 0.29) is 0 Å². The zero-order valence-electron chi connectivity index (χ0n) is 17.6. The Morgan fingerprint density at radius 2 is 1.63 bits per heavy atom. The Labute approximate surface area is 183 Å². The SMILES string of the molecule is CC(C)c1ccsc1-c1cccc(-c2ccc(CN3CCc4ccccc43)cc2)c1. The van der Waals surface area contributed by atoms with E-state index in [0.717, 1.165) is 19.5 Å². The number of benzene rings is 3. The van der Waals surface area contributed by atoms with Crippen molar-refractivity contribution in [1.29, 1.82) is 0 Å². The average Bonchev–Trinajstić information content (AvgIpc) is 3.42. The first-order valence-electron chi connectivity index (χ1n) is 10.8. The van der Waals surface area contributed by atoms with E-state index in [1.54, 1.807) is 0 Å². The summed E-state index contributed by atoms with van der Waals surface area (Å²) in [6.07, 6.45) is 1.15. The molecule has 0 atom stereocenters. The molecule has 1 aliphatic rings. The van der Waals surface area contributed by atoms with Crippen LogP contribution in [-0.4, -0.2) is 6.54 Å². The Hall–Kier alpha value is -2.84. The van der Waals surface area contributed by atoms with Gasteiger partial charge in [-0.25, -0.2) is 0 Å². The highest BCUT2D eigenvalue weighted by Gasteiger charge is 2.18. The molecule has 0 saturated carbocycles. The van der Waals surface area contributed by atoms with Crippen LogP contribution in [0, 0.1) is 0 Å². The third kappa shape index (κ3) is 3.68. The van der Waals surface area contributed by atoms with Crippen LogP contribution in [-0.2, 0) is 13.0 Å². The molecule has 3 aromatic carbocycles. The first-order valence-corrected chi connectivity index (χ1v) is 11.7. The van der Waals surface area contributed by atoms with Crippen molar-refractivity contribution in [3.63, 3.8) is 0 Å². The molecular weight excluding hydrogens is 382 g/mol. The quantitative estimate of drug-likeness (QED) is 0.325. The fourth-order valence-electron chi connectivity index (χ4n) is 4.44. The molecule has 0 radical (unpaired) electrons. The molecule has 0 fully saturated rings. The summed E-state index contributed by atoms with van der Waals surface area (Å²) < 4.78 is 0. The van der Waals surface area contributed by atoms with E-state index in [1.165, 1.54) is 43.9 Å². The van der Waals surface area contributed by atoms with Crippen LogP contribution in [0.5, 0.6) is 0 Å². The van der Waals surface area contributed by atoms with Crippen LogP contribution in [0.15, 0.2) is 84.2 Å². The number of nitrogens with zero attached hydrogens (tertiary/aromatic N) is 1. The van der Waals surface area contributed by atoms with Crippen LogP contribution in [0.25, 0.3) is 21.6 Å². The first-order chi connectivity index (χ1) is 14.7. The molecule has 30 heavy (non-hydrogen) atoms. The summed E-state index contributed by atoms with van der Waals surface area (Å²) in [5, 5.41) is 2.21. The third-order valence-corrected chi connectivity index (χ3v) is 7.07. The summed E-state index contributed by atoms with van der Waals surface area (Å²) in [5.41, 5.74) is 9.57. The van der Waals surface area contributed by atoms with Gasteiger partial charge in [0.25, 0.3) is 0 Å². The summed E-state index contributed by atoms with van der Waals surface area (Å²) in [4.78, 5) is 3.89. The summed E-state index contributed by atoms with van der Waals surface area (Å²) in [6.45, 7) is 6.63. The molecule has 150 valence electrons. The summed E-state index contributed by atoms with van der Waals surface area (Å²) >= 11 is 1.84. The van der Waals surface area contributed by atoms with Crippen molar-refractivity contribution in [2.45, 2.75) is 32.7 Å². The van der Waals surface area contributed by atoms with E-state index in [9.17, 15) is 0 Å². The lowest BCUT2D eigenvalue weighted by atomic mass is 9.97. The summed E-state index contributed by atoms with van der Waals surface area (Å²) in [5.74, 6) is 0.546. The Balaban J connectivity index is 1.37. The Morgan fingerprint density at radius 3 is 2.47 bits per heavy atom. The van der Waals surface area contributed by atoms with Crippen molar-refractivity contribution in [3.8, 4) is 21.6 Å². The molecule has 5 rings (SSSR count). The van der Waals surface area contributed by atoms with E-state index in [4.69, 9.17) is 0 Å². The number of fused-ring (bicyclic) bond motifs is 1. The minimum absolute atomic E-state index is 0.546. The molecule has 1 aliphatic heterocycles. The van der Waals surface area contributed by atoms with Crippen molar-refractivity contribution < 1.29 is 0 Å². The fraction of sp³-hybridized carbons (Fsp3) is 0.214. The first kappa shape index (κ1) is 19.1. The Bertz CT molecular complexity index is 1150. The molecule has 1 aromatic heterocycles. The predicted molar refractivity (Wildman–Crippen MR) is 130 cm³/mol. The molecule has 0 unspecified atom stereocenters. The molecule has 4 aromatic rings. The van der Waals surface area contributed by atoms with Crippen LogP contribution in [0.1, 0.15) is 36.5 Å². The summed E-state index contributed by atoms with van der Waals surface area (Å²) in [7, 11) is 0. The van der Waals surface area contributed by atoms with Gasteiger partial charge in [-0.1, -0.05) is 74.5 Å². The molecule has 0 N–H and O–H groups in total. The second-order valence-corrected chi connectivity index (χ2v) is 9.35. The molecule has 0 spiro atoms. The largest absolute Gasteiger partial charge is 0.367 e. The van der Waals surface area contributed by atoms with Gasteiger partial charge >= 0.3 is 0 Å². The van der Waals surface area contributed by atoms with Crippen LogP contribution < -0.4 is 4.90 Å². The molecule has 0 aliphatic carbocycles. The Kier molecular flexibility index (Phi) is 5.18. The van der Waals surface area contributed by atoms with Gasteiger partial charge in [-0.05, 0) is 69.3 Å². The highest BCUT2D eigenvalue weighted by molar-refractivity contribution is 7.13. The number of thiophene rings is 1. The number of hydrogen-bond donors (Lipinski definition) is 0. The molecule has 1 nitrogen and oxygen atoms in total.